The van der Waals surface area contributed by atoms with E-state index in [1.54, 1.807) is 12.1 Å². The van der Waals surface area contributed by atoms with Crippen molar-refractivity contribution in [1.29, 1.82) is 0 Å². The van der Waals surface area contributed by atoms with Crippen LogP contribution in [0.4, 0.5) is 0 Å². The number of benzene rings is 1. The molecule has 2 atom stereocenters. The van der Waals surface area contributed by atoms with E-state index in [2.05, 4.69) is 0 Å². The Bertz CT molecular complexity index is 294. The minimum atomic E-state index is 0.337. The molecule has 1 fully saturated rings. The molecule has 14 heavy (non-hydrogen) atoms. The summed E-state index contributed by atoms with van der Waals surface area (Å²) in [5, 5.41) is 9.14. The average molecular weight is 191 g/mol. The number of hydrogen-bond donors (Lipinski definition) is 2. The minimum Gasteiger partial charge on any atom is -0.508 e. The topological polar surface area (TPSA) is 46.2 Å². The van der Waals surface area contributed by atoms with Crippen LogP contribution in [0.1, 0.15) is 24.8 Å². The van der Waals surface area contributed by atoms with Gasteiger partial charge < -0.3 is 10.8 Å². The maximum absolute atomic E-state index is 9.14. The molecule has 1 aromatic carbocycles. The first kappa shape index (κ1) is 9.53. The van der Waals surface area contributed by atoms with E-state index in [4.69, 9.17) is 10.8 Å². The quantitative estimate of drug-likeness (QED) is 0.751. The number of aromatic hydroxyl groups is 1. The minimum absolute atomic E-state index is 0.337. The van der Waals surface area contributed by atoms with Gasteiger partial charge in [0.2, 0.25) is 0 Å². The maximum atomic E-state index is 9.14. The Morgan fingerprint density at radius 2 is 1.93 bits per heavy atom. The van der Waals surface area contributed by atoms with Crippen molar-refractivity contribution >= 4 is 0 Å². The van der Waals surface area contributed by atoms with Crippen LogP contribution < -0.4 is 5.73 Å². The molecule has 0 heterocycles. The summed E-state index contributed by atoms with van der Waals surface area (Å²) in [6.45, 7) is 0. The molecule has 1 aromatic rings. The van der Waals surface area contributed by atoms with Gasteiger partial charge in [0.05, 0.1) is 0 Å². The lowest BCUT2D eigenvalue weighted by Crippen LogP contribution is -2.25. The van der Waals surface area contributed by atoms with Crippen molar-refractivity contribution in [3.8, 4) is 5.75 Å². The molecule has 1 aliphatic carbocycles. The van der Waals surface area contributed by atoms with Gasteiger partial charge in [-0.3, -0.25) is 0 Å². The lowest BCUT2D eigenvalue weighted by molar-refractivity contribution is 0.470. The van der Waals surface area contributed by atoms with Crippen LogP contribution in [-0.2, 0) is 6.42 Å². The predicted octanol–water partition coefficient (Wildman–Crippen LogP) is 2.06. The number of nitrogens with two attached hydrogens (primary N) is 1. The van der Waals surface area contributed by atoms with Crippen LogP contribution in [0.3, 0.4) is 0 Å². The lowest BCUT2D eigenvalue weighted by Gasteiger charge is -2.14. The van der Waals surface area contributed by atoms with Crippen LogP contribution in [0.5, 0.6) is 5.75 Å². The Kier molecular flexibility index (Phi) is 2.73. The molecule has 1 aliphatic rings. The standard InChI is InChI=1S/C12H17NO/c13-12-3-1-2-10(12)8-9-4-6-11(14)7-5-9/h4-7,10,12,14H,1-3,8,13H2. The van der Waals surface area contributed by atoms with Crippen LogP contribution >= 0.6 is 0 Å². The van der Waals surface area contributed by atoms with E-state index < -0.39 is 0 Å². The van der Waals surface area contributed by atoms with E-state index >= 15 is 0 Å². The van der Waals surface area contributed by atoms with E-state index in [1.807, 2.05) is 12.1 Å². The zero-order valence-electron chi connectivity index (χ0n) is 8.32. The monoisotopic (exact) mass is 191 g/mol. The number of rotatable bonds is 2. The molecular formula is C12H17NO. The molecule has 0 bridgehead atoms. The molecule has 3 N–H and O–H groups in total. The predicted molar refractivity (Wildman–Crippen MR) is 57.1 cm³/mol. The van der Waals surface area contributed by atoms with Gasteiger partial charge in [0.15, 0.2) is 0 Å². The fraction of sp³-hybridized carbons (Fsp3) is 0.500. The van der Waals surface area contributed by atoms with Crippen LogP contribution in [0.15, 0.2) is 24.3 Å². The van der Waals surface area contributed by atoms with Crippen molar-refractivity contribution in [2.45, 2.75) is 31.7 Å². The highest BCUT2D eigenvalue weighted by atomic mass is 16.3. The van der Waals surface area contributed by atoms with Crippen LogP contribution in [-0.4, -0.2) is 11.1 Å². The zero-order valence-corrected chi connectivity index (χ0v) is 8.32. The van der Waals surface area contributed by atoms with E-state index in [0.29, 0.717) is 17.7 Å². The number of phenols is 1. The molecule has 0 aromatic heterocycles. The first-order chi connectivity index (χ1) is 6.75. The first-order valence-electron chi connectivity index (χ1n) is 5.29. The molecule has 0 spiro atoms. The molecule has 0 saturated heterocycles. The largest absolute Gasteiger partial charge is 0.508 e. The van der Waals surface area contributed by atoms with Crippen molar-refractivity contribution in [2.75, 3.05) is 0 Å². The van der Waals surface area contributed by atoms with Gasteiger partial charge in [0, 0.05) is 6.04 Å². The smallest absolute Gasteiger partial charge is 0.115 e. The van der Waals surface area contributed by atoms with Crippen LogP contribution in [0, 0.1) is 5.92 Å². The molecule has 2 nitrogen and oxygen atoms in total. The second-order valence-corrected chi connectivity index (χ2v) is 4.23. The third-order valence-corrected chi connectivity index (χ3v) is 3.15. The summed E-state index contributed by atoms with van der Waals surface area (Å²) in [6, 6.07) is 7.84. The SMILES string of the molecule is NC1CCCC1Cc1ccc(O)cc1. The highest BCUT2D eigenvalue weighted by molar-refractivity contribution is 5.26. The van der Waals surface area contributed by atoms with Gasteiger partial charge in [-0.25, -0.2) is 0 Å². The Morgan fingerprint density at radius 3 is 2.50 bits per heavy atom. The van der Waals surface area contributed by atoms with Gasteiger partial charge in [-0.05, 0) is 42.9 Å². The summed E-state index contributed by atoms with van der Waals surface area (Å²) in [5.41, 5.74) is 7.29. The van der Waals surface area contributed by atoms with Crippen molar-refractivity contribution in [3.05, 3.63) is 29.8 Å². The van der Waals surface area contributed by atoms with E-state index in [0.717, 1.165) is 6.42 Å². The highest BCUT2D eigenvalue weighted by Crippen LogP contribution is 2.27. The van der Waals surface area contributed by atoms with E-state index in [-0.39, 0.29) is 0 Å². The summed E-state index contributed by atoms with van der Waals surface area (Å²) in [5.74, 6) is 0.976. The summed E-state index contributed by atoms with van der Waals surface area (Å²) >= 11 is 0. The molecule has 0 radical (unpaired) electrons. The zero-order chi connectivity index (χ0) is 9.97. The van der Waals surface area contributed by atoms with Gasteiger partial charge in [-0.1, -0.05) is 18.6 Å². The van der Waals surface area contributed by atoms with Gasteiger partial charge in [0.1, 0.15) is 5.75 Å². The van der Waals surface area contributed by atoms with Crippen molar-refractivity contribution in [1.82, 2.24) is 0 Å². The fourth-order valence-corrected chi connectivity index (χ4v) is 2.25. The normalized spacial score (nSPS) is 26.6. The van der Waals surface area contributed by atoms with Gasteiger partial charge in [-0.15, -0.1) is 0 Å². The van der Waals surface area contributed by atoms with Crippen molar-refractivity contribution in [2.24, 2.45) is 11.7 Å². The van der Waals surface area contributed by atoms with E-state index in [9.17, 15) is 0 Å². The third kappa shape index (κ3) is 2.07. The summed E-state index contributed by atoms with van der Waals surface area (Å²) in [4.78, 5) is 0. The molecule has 1 saturated carbocycles. The van der Waals surface area contributed by atoms with Gasteiger partial charge >= 0.3 is 0 Å². The van der Waals surface area contributed by atoms with E-state index in [1.165, 1.54) is 24.8 Å². The molecule has 2 heteroatoms. The fourth-order valence-electron chi connectivity index (χ4n) is 2.25. The Morgan fingerprint density at radius 1 is 1.21 bits per heavy atom. The Hall–Kier alpha value is -1.02. The average Bonchev–Trinajstić information content (AvgIpc) is 2.56. The second kappa shape index (κ2) is 4.01. The third-order valence-electron chi connectivity index (χ3n) is 3.15. The van der Waals surface area contributed by atoms with Crippen LogP contribution in [0.2, 0.25) is 0 Å². The van der Waals surface area contributed by atoms with Crippen molar-refractivity contribution < 1.29 is 5.11 Å². The highest BCUT2D eigenvalue weighted by Gasteiger charge is 2.23. The summed E-state index contributed by atoms with van der Waals surface area (Å²) in [7, 11) is 0. The Balaban J connectivity index is 2.00. The first-order valence-corrected chi connectivity index (χ1v) is 5.29. The maximum Gasteiger partial charge on any atom is 0.115 e. The molecular weight excluding hydrogens is 174 g/mol. The Labute approximate surface area is 84.7 Å². The van der Waals surface area contributed by atoms with Crippen molar-refractivity contribution in [3.63, 3.8) is 0 Å². The molecule has 0 aliphatic heterocycles. The van der Waals surface area contributed by atoms with Gasteiger partial charge in [-0.2, -0.15) is 0 Å². The summed E-state index contributed by atoms with van der Waals surface area (Å²) < 4.78 is 0. The number of phenolic OH excluding ortho intramolecular Hbond substituents is 1. The van der Waals surface area contributed by atoms with Gasteiger partial charge in [0.25, 0.3) is 0 Å². The molecule has 0 amide bonds. The van der Waals surface area contributed by atoms with Crippen LogP contribution in [0.25, 0.3) is 0 Å². The molecule has 2 unspecified atom stereocenters. The lowest BCUT2D eigenvalue weighted by atomic mass is 9.95. The molecule has 2 rings (SSSR count). The summed E-state index contributed by atoms with van der Waals surface area (Å²) in [6.07, 6.45) is 4.75. The number of hydrogen-bond acceptors (Lipinski definition) is 2. The second-order valence-electron chi connectivity index (χ2n) is 4.23. The molecule has 76 valence electrons.